The van der Waals surface area contributed by atoms with Gasteiger partial charge in [-0.15, -0.1) is 0 Å². The van der Waals surface area contributed by atoms with E-state index in [9.17, 15) is 15.0 Å². The highest BCUT2D eigenvalue weighted by atomic mass is 16.5. The van der Waals surface area contributed by atoms with Crippen molar-refractivity contribution < 1.29 is 19.7 Å². The number of hydrogen-bond donors (Lipinski definition) is 2. The van der Waals surface area contributed by atoms with Gasteiger partial charge in [0.1, 0.15) is 6.10 Å². The monoisotopic (exact) mass is 246 g/mol. The first-order valence-corrected chi connectivity index (χ1v) is 5.56. The number of benzene rings is 2. The molecule has 4 heteroatoms. The van der Waals surface area contributed by atoms with Gasteiger partial charge >= 0.3 is 5.97 Å². The van der Waals surface area contributed by atoms with E-state index in [1.165, 1.54) is 7.11 Å². The SMILES string of the molecule is COC(=O)C(O)C(O)c1cccc2ccccc12. The van der Waals surface area contributed by atoms with Crippen molar-refractivity contribution in [3.63, 3.8) is 0 Å². The number of carbonyl (C=O) groups excluding carboxylic acids is 1. The average Bonchev–Trinajstić information content (AvgIpc) is 2.44. The second-order valence-corrected chi connectivity index (χ2v) is 3.98. The summed E-state index contributed by atoms with van der Waals surface area (Å²) >= 11 is 0. The molecule has 94 valence electrons. The average molecular weight is 246 g/mol. The van der Waals surface area contributed by atoms with Crippen molar-refractivity contribution in [1.82, 2.24) is 0 Å². The molecule has 4 nitrogen and oxygen atoms in total. The van der Waals surface area contributed by atoms with E-state index in [0.717, 1.165) is 10.8 Å². The lowest BCUT2D eigenvalue weighted by atomic mass is 9.97. The van der Waals surface area contributed by atoms with Crippen LogP contribution in [0, 0.1) is 0 Å². The van der Waals surface area contributed by atoms with E-state index < -0.39 is 18.2 Å². The zero-order valence-electron chi connectivity index (χ0n) is 9.91. The number of fused-ring (bicyclic) bond motifs is 1. The molecule has 2 aromatic carbocycles. The first-order valence-electron chi connectivity index (χ1n) is 5.56. The van der Waals surface area contributed by atoms with Crippen molar-refractivity contribution in [2.45, 2.75) is 12.2 Å². The zero-order chi connectivity index (χ0) is 13.1. The van der Waals surface area contributed by atoms with Gasteiger partial charge < -0.3 is 14.9 Å². The van der Waals surface area contributed by atoms with E-state index in [-0.39, 0.29) is 0 Å². The molecule has 2 aromatic rings. The Labute approximate surface area is 104 Å². The van der Waals surface area contributed by atoms with Crippen molar-refractivity contribution in [1.29, 1.82) is 0 Å². The molecule has 2 rings (SSSR count). The maximum Gasteiger partial charge on any atom is 0.337 e. The molecule has 0 saturated carbocycles. The van der Waals surface area contributed by atoms with E-state index in [2.05, 4.69) is 4.74 Å². The van der Waals surface area contributed by atoms with Crippen molar-refractivity contribution in [2.24, 2.45) is 0 Å². The Hall–Kier alpha value is -1.91. The lowest BCUT2D eigenvalue weighted by molar-refractivity contribution is -0.156. The van der Waals surface area contributed by atoms with Crippen LogP contribution in [0.5, 0.6) is 0 Å². The number of esters is 1. The highest BCUT2D eigenvalue weighted by Crippen LogP contribution is 2.26. The van der Waals surface area contributed by atoms with E-state index in [4.69, 9.17) is 0 Å². The fraction of sp³-hybridized carbons (Fsp3) is 0.214. The molecule has 0 fully saturated rings. The summed E-state index contributed by atoms with van der Waals surface area (Å²) in [5, 5.41) is 21.4. The van der Waals surface area contributed by atoms with Gasteiger partial charge in [0.05, 0.1) is 7.11 Å². The molecule has 0 aromatic heterocycles. The Kier molecular flexibility index (Phi) is 3.60. The molecule has 0 amide bonds. The lowest BCUT2D eigenvalue weighted by Crippen LogP contribution is -2.29. The number of aliphatic hydroxyl groups is 2. The van der Waals surface area contributed by atoms with E-state index >= 15 is 0 Å². The van der Waals surface area contributed by atoms with Crippen LogP contribution in [-0.2, 0) is 9.53 Å². The Morgan fingerprint density at radius 3 is 2.50 bits per heavy atom. The zero-order valence-corrected chi connectivity index (χ0v) is 9.91. The first kappa shape index (κ1) is 12.5. The quantitative estimate of drug-likeness (QED) is 0.803. The van der Waals surface area contributed by atoms with E-state index in [1.807, 2.05) is 30.3 Å². The van der Waals surface area contributed by atoms with Gasteiger partial charge in [-0.25, -0.2) is 4.79 Å². The molecule has 0 heterocycles. The summed E-state index contributed by atoms with van der Waals surface area (Å²) in [4.78, 5) is 11.2. The van der Waals surface area contributed by atoms with Crippen molar-refractivity contribution >= 4 is 16.7 Å². The van der Waals surface area contributed by atoms with Gasteiger partial charge in [0.25, 0.3) is 0 Å². The number of methoxy groups -OCH3 is 1. The van der Waals surface area contributed by atoms with Gasteiger partial charge in [0, 0.05) is 0 Å². The molecule has 2 atom stereocenters. The molecule has 18 heavy (non-hydrogen) atoms. The Morgan fingerprint density at radius 2 is 1.78 bits per heavy atom. The number of carbonyl (C=O) groups is 1. The smallest absolute Gasteiger partial charge is 0.337 e. The molecule has 0 aliphatic heterocycles. The highest BCUT2D eigenvalue weighted by molar-refractivity contribution is 5.87. The van der Waals surface area contributed by atoms with Crippen molar-refractivity contribution in [2.75, 3.05) is 7.11 Å². The third-order valence-electron chi connectivity index (χ3n) is 2.88. The van der Waals surface area contributed by atoms with Crippen LogP contribution in [0.15, 0.2) is 42.5 Å². The summed E-state index contributed by atoms with van der Waals surface area (Å²) in [6, 6.07) is 12.8. The fourth-order valence-corrected chi connectivity index (χ4v) is 1.93. The number of rotatable bonds is 3. The molecule has 2 N–H and O–H groups in total. The van der Waals surface area contributed by atoms with Gasteiger partial charge in [-0.05, 0) is 16.3 Å². The molecule has 0 spiro atoms. The second kappa shape index (κ2) is 5.16. The Morgan fingerprint density at radius 1 is 1.11 bits per heavy atom. The molecule has 2 unspecified atom stereocenters. The Bertz CT molecular complexity index is 559. The molecular formula is C14H14O4. The minimum atomic E-state index is -1.58. The van der Waals surface area contributed by atoms with Crippen LogP contribution in [0.2, 0.25) is 0 Å². The first-order chi connectivity index (χ1) is 8.65. The summed E-state index contributed by atoms with van der Waals surface area (Å²) in [5.74, 6) is -0.851. The molecular weight excluding hydrogens is 232 g/mol. The maximum atomic E-state index is 11.2. The normalized spacial score (nSPS) is 14.2. The Balaban J connectivity index is 2.44. The van der Waals surface area contributed by atoms with Crippen LogP contribution in [0.3, 0.4) is 0 Å². The third-order valence-corrected chi connectivity index (χ3v) is 2.88. The number of hydrogen-bond acceptors (Lipinski definition) is 4. The molecule has 0 radical (unpaired) electrons. The molecule has 0 aliphatic rings. The summed E-state index contributed by atoms with van der Waals surface area (Å²) in [5.41, 5.74) is 0.506. The maximum absolute atomic E-state index is 11.2. The molecule has 0 saturated heterocycles. The van der Waals surface area contributed by atoms with Gasteiger partial charge in [0.2, 0.25) is 0 Å². The van der Waals surface area contributed by atoms with Gasteiger partial charge in [-0.1, -0.05) is 42.5 Å². The van der Waals surface area contributed by atoms with Crippen LogP contribution in [-0.4, -0.2) is 29.4 Å². The van der Waals surface area contributed by atoms with Crippen molar-refractivity contribution in [3.05, 3.63) is 48.0 Å². The highest BCUT2D eigenvalue weighted by Gasteiger charge is 2.27. The van der Waals surface area contributed by atoms with Crippen LogP contribution in [0.1, 0.15) is 11.7 Å². The van der Waals surface area contributed by atoms with Crippen LogP contribution in [0.4, 0.5) is 0 Å². The summed E-state index contributed by atoms with van der Waals surface area (Å²) in [7, 11) is 1.17. The summed E-state index contributed by atoms with van der Waals surface area (Å²) in [6.07, 6.45) is -2.88. The third kappa shape index (κ3) is 2.20. The van der Waals surface area contributed by atoms with Gasteiger partial charge in [-0.3, -0.25) is 0 Å². The van der Waals surface area contributed by atoms with E-state index in [0.29, 0.717) is 5.56 Å². The minimum absolute atomic E-state index is 0.506. The fourth-order valence-electron chi connectivity index (χ4n) is 1.93. The summed E-state index contributed by atoms with van der Waals surface area (Å²) in [6.45, 7) is 0. The lowest BCUT2D eigenvalue weighted by Gasteiger charge is -2.17. The van der Waals surface area contributed by atoms with E-state index in [1.54, 1.807) is 12.1 Å². The molecule has 0 aliphatic carbocycles. The predicted molar refractivity (Wildman–Crippen MR) is 66.9 cm³/mol. The minimum Gasteiger partial charge on any atom is -0.467 e. The standard InChI is InChI=1S/C14H14O4/c1-18-14(17)13(16)12(15)11-8-4-6-9-5-2-3-7-10(9)11/h2-8,12-13,15-16H,1H3. The molecule has 0 bridgehead atoms. The van der Waals surface area contributed by atoms with Crippen LogP contribution < -0.4 is 0 Å². The second-order valence-electron chi connectivity index (χ2n) is 3.98. The van der Waals surface area contributed by atoms with Gasteiger partial charge in [0.15, 0.2) is 6.10 Å². The number of ether oxygens (including phenoxy) is 1. The van der Waals surface area contributed by atoms with Gasteiger partial charge in [-0.2, -0.15) is 0 Å². The predicted octanol–water partition coefficient (Wildman–Crippen LogP) is 1.41. The largest absolute Gasteiger partial charge is 0.467 e. The van der Waals surface area contributed by atoms with Crippen molar-refractivity contribution in [3.8, 4) is 0 Å². The number of aliphatic hydroxyl groups excluding tert-OH is 2. The van der Waals surface area contributed by atoms with Crippen LogP contribution in [0.25, 0.3) is 10.8 Å². The van der Waals surface area contributed by atoms with Crippen LogP contribution >= 0.6 is 0 Å². The topological polar surface area (TPSA) is 66.8 Å². The summed E-state index contributed by atoms with van der Waals surface area (Å²) < 4.78 is 4.42.